The number of carbonyl (C=O) groups excluding carboxylic acids is 1. The predicted octanol–water partition coefficient (Wildman–Crippen LogP) is 4.17. The molecule has 1 aliphatic carbocycles. The summed E-state index contributed by atoms with van der Waals surface area (Å²) in [5.74, 6) is 0.342. The highest BCUT2D eigenvalue weighted by molar-refractivity contribution is 6.30. The monoisotopic (exact) mass is 370 g/mol. The van der Waals surface area contributed by atoms with Crippen LogP contribution in [0, 0.1) is 0 Å². The molecule has 3 nitrogen and oxygen atoms in total. The Morgan fingerprint density at radius 2 is 1.71 bits per heavy atom. The lowest BCUT2D eigenvalue weighted by molar-refractivity contribution is -0.140. The molecule has 1 saturated carbocycles. The molecule has 5 heteroatoms. The van der Waals surface area contributed by atoms with Crippen molar-refractivity contribution in [2.45, 2.75) is 56.4 Å². The molecule has 0 aromatic heterocycles. The van der Waals surface area contributed by atoms with Crippen LogP contribution in [0.3, 0.4) is 0 Å². The largest absolute Gasteiger partial charge is 0.342 e. The van der Waals surface area contributed by atoms with E-state index in [2.05, 4.69) is 22.3 Å². The molecule has 0 spiro atoms. The van der Waals surface area contributed by atoms with E-state index in [1.54, 1.807) is 0 Å². The number of rotatable bonds is 3. The van der Waals surface area contributed by atoms with Gasteiger partial charge in [-0.15, -0.1) is 12.4 Å². The molecule has 1 aromatic rings. The molecule has 1 heterocycles. The van der Waals surface area contributed by atoms with E-state index in [0.717, 1.165) is 62.2 Å². The first-order chi connectivity index (χ1) is 11.2. The van der Waals surface area contributed by atoms with Crippen LogP contribution in [-0.4, -0.2) is 37.0 Å². The summed E-state index contributed by atoms with van der Waals surface area (Å²) in [6, 6.07) is 8.52. The van der Waals surface area contributed by atoms with Gasteiger partial charge in [-0.05, 0) is 50.4 Å². The summed E-state index contributed by atoms with van der Waals surface area (Å²) in [6.07, 6.45) is 7.57. The van der Waals surface area contributed by atoms with Crippen LogP contribution >= 0.6 is 24.0 Å². The molecule has 0 bridgehead atoms. The summed E-state index contributed by atoms with van der Waals surface area (Å²) in [4.78, 5) is 15.5. The fourth-order valence-corrected chi connectivity index (χ4v) is 4.35. The van der Waals surface area contributed by atoms with Crippen LogP contribution in [0.15, 0.2) is 24.3 Å². The van der Waals surface area contributed by atoms with E-state index in [-0.39, 0.29) is 17.8 Å². The number of nitrogens with zero attached hydrogens (tertiary/aromatic N) is 1. The second-order valence-electron chi connectivity index (χ2n) is 7.00. The first kappa shape index (κ1) is 19.6. The van der Waals surface area contributed by atoms with E-state index in [4.69, 9.17) is 11.6 Å². The summed E-state index contributed by atoms with van der Waals surface area (Å²) in [5, 5.41) is 4.08. The van der Waals surface area contributed by atoms with Crippen LogP contribution in [0.4, 0.5) is 0 Å². The van der Waals surface area contributed by atoms with Crippen LogP contribution in [-0.2, 0) is 10.2 Å². The molecular weight excluding hydrogens is 343 g/mol. The minimum atomic E-state index is -0.324. The Kier molecular flexibility index (Phi) is 6.97. The maximum atomic E-state index is 13.4. The van der Waals surface area contributed by atoms with Gasteiger partial charge in [0.25, 0.3) is 0 Å². The fourth-order valence-electron chi connectivity index (χ4n) is 4.22. The van der Waals surface area contributed by atoms with E-state index in [9.17, 15) is 4.79 Å². The lowest BCUT2D eigenvalue weighted by Crippen LogP contribution is -2.52. The van der Waals surface area contributed by atoms with Gasteiger partial charge in [0.2, 0.25) is 5.91 Å². The zero-order valence-electron chi connectivity index (χ0n) is 14.4. The van der Waals surface area contributed by atoms with E-state index < -0.39 is 0 Å². The highest BCUT2D eigenvalue weighted by atomic mass is 35.5. The molecule has 3 rings (SSSR count). The highest BCUT2D eigenvalue weighted by Crippen LogP contribution is 2.41. The van der Waals surface area contributed by atoms with Gasteiger partial charge in [0.1, 0.15) is 0 Å². The highest BCUT2D eigenvalue weighted by Gasteiger charge is 2.43. The number of carbonyl (C=O) groups is 1. The molecule has 1 aliphatic heterocycles. The van der Waals surface area contributed by atoms with Gasteiger partial charge in [-0.25, -0.2) is 0 Å². The topological polar surface area (TPSA) is 32.3 Å². The van der Waals surface area contributed by atoms with Gasteiger partial charge in [0.15, 0.2) is 0 Å². The summed E-state index contributed by atoms with van der Waals surface area (Å²) in [5.41, 5.74) is 0.831. The van der Waals surface area contributed by atoms with Gasteiger partial charge < -0.3 is 10.2 Å². The van der Waals surface area contributed by atoms with E-state index >= 15 is 0 Å². The maximum Gasteiger partial charge on any atom is 0.233 e. The number of nitrogens with one attached hydrogen (secondary N) is 1. The van der Waals surface area contributed by atoms with Crippen LogP contribution in [0.25, 0.3) is 0 Å². The molecule has 1 amide bonds. The van der Waals surface area contributed by atoms with Crippen LogP contribution < -0.4 is 5.32 Å². The van der Waals surface area contributed by atoms with Crippen LogP contribution in [0.5, 0.6) is 0 Å². The molecule has 1 saturated heterocycles. The van der Waals surface area contributed by atoms with E-state index in [1.165, 1.54) is 6.42 Å². The summed E-state index contributed by atoms with van der Waals surface area (Å²) in [7, 11) is 2.01. The zero-order valence-corrected chi connectivity index (χ0v) is 16.0. The van der Waals surface area contributed by atoms with E-state index in [0.29, 0.717) is 11.9 Å². The van der Waals surface area contributed by atoms with Gasteiger partial charge in [0, 0.05) is 24.2 Å². The third-order valence-corrected chi connectivity index (χ3v) is 5.96. The van der Waals surface area contributed by atoms with Crippen molar-refractivity contribution in [3.05, 3.63) is 34.9 Å². The third-order valence-electron chi connectivity index (χ3n) is 5.70. The van der Waals surface area contributed by atoms with Gasteiger partial charge in [-0.1, -0.05) is 43.0 Å². The number of hydrogen-bond acceptors (Lipinski definition) is 2. The average molecular weight is 371 g/mol. The number of amides is 1. The Morgan fingerprint density at radius 1 is 1.12 bits per heavy atom. The molecular formula is C19H28Cl2N2O. The molecule has 1 N–H and O–H groups in total. The quantitative estimate of drug-likeness (QED) is 0.865. The zero-order chi connectivity index (χ0) is 16.3. The fraction of sp³-hybridized carbons (Fsp3) is 0.632. The Bertz CT molecular complexity index is 533. The SMILES string of the molecule is CNC1CCN(C(=O)C2(c3ccc(Cl)cc3)CCCCC2)CC1.Cl. The minimum absolute atomic E-state index is 0. The molecule has 2 fully saturated rings. The van der Waals surface area contributed by atoms with Crippen molar-refractivity contribution in [2.24, 2.45) is 0 Å². The van der Waals surface area contributed by atoms with Crippen molar-refractivity contribution in [3.8, 4) is 0 Å². The number of likely N-dealkylation sites (tertiary alicyclic amines) is 1. The average Bonchev–Trinajstić information content (AvgIpc) is 2.62. The van der Waals surface area contributed by atoms with Crippen molar-refractivity contribution in [1.29, 1.82) is 0 Å². The second-order valence-corrected chi connectivity index (χ2v) is 7.44. The molecule has 24 heavy (non-hydrogen) atoms. The first-order valence-corrected chi connectivity index (χ1v) is 9.26. The molecule has 0 unspecified atom stereocenters. The first-order valence-electron chi connectivity index (χ1n) is 8.88. The van der Waals surface area contributed by atoms with Gasteiger partial charge in [-0.2, -0.15) is 0 Å². The van der Waals surface area contributed by atoms with Crippen molar-refractivity contribution >= 4 is 29.9 Å². The lowest BCUT2D eigenvalue weighted by Gasteiger charge is -2.42. The normalized spacial score (nSPS) is 21.2. The lowest BCUT2D eigenvalue weighted by atomic mass is 9.68. The maximum absolute atomic E-state index is 13.4. The third kappa shape index (κ3) is 3.89. The van der Waals surface area contributed by atoms with Crippen molar-refractivity contribution in [2.75, 3.05) is 20.1 Å². The number of halogens is 2. The molecule has 0 radical (unpaired) electrons. The minimum Gasteiger partial charge on any atom is -0.342 e. The summed E-state index contributed by atoms with van der Waals surface area (Å²) in [6.45, 7) is 1.75. The predicted molar refractivity (Wildman–Crippen MR) is 102 cm³/mol. The number of piperidine rings is 1. The van der Waals surface area contributed by atoms with Gasteiger partial charge in [-0.3, -0.25) is 4.79 Å². The van der Waals surface area contributed by atoms with Gasteiger partial charge in [0.05, 0.1) is 5.41 Å². The Morgan fingerprint density at radius 3 is 2.25 bits per heavy atom. The summed E-state index contributed by atoms with van der Waals surface area (Å²) >= 11 is 6.05. The standard InChI is InChI=1S/C19H27ClN2O.ClH/c1-21-17-9-13-22(14-10-17)18(23)19(11-3-2-4-12-19)15-5-7-16(20)8-6-15;/h5-8,17,21H,2-4,9-14H2,1H3;1H. The molecule has 2 aliphatic rings. The molecule has 1 aromatic carbocycles. The van der Waals surface area contributed by atoms with E-state index in [1.807, 2.05) is 19.2 Å². The molecule has 0 atom stereocenters. The van der Waals surface area contributed by atoms with Crippen molar-refractivity contribution in [3.63, 3.8) is 0 Å². The number of hydrogen-bond donors (Lipinski definition) is 1. The number of benzene rings is 1. The Labute approximate surface area is 156 Å². The van der Waals surface area contributed by atoms with Crippen LogP contribution in [0.2, 0.25) is 5.02 Å². The van der Waals surface area contributed by atoms with Crippen LogP contribution in [0.1, 0.15) is 50.5 Å². The van der Waals surface area contributed by atoms with Gasteiger partial charge >= 0.3 is 0 Å². The summed E-state index contributed by atoms with van der Waals surface area (Å²) < 4.78 is 0. The smallest absolute Gasteiger partial charge is 0.233 e. The van der Waals surface area contributed by atoms with Crippen molar-refractivity contribution < 1.29 is 4.79 Å². The molecule has 134 valence electrons. The second kappa shape index (κ2) is 8.55. The Hall–Kier alpha value is -0.770. The van der Waals surface area contributed by atoms with Crippen molar-refractivity contribution in [1.82, 2.24) is 10.2 Å². The Balaban J connectivity index is 0.00000208.